The number of ether oxygens (including phenoxy) is 3. The van der Waals surface area contributed by atoms with Crippen LogP contribution in [-0.4, -0.2) is 41.6 Å². The van der Waals surface area contributed by atoms with Crippen LogP contribution in [0.15, 0.2) is 47.4 Å². The van der Waals surface area contributed by atoms with Gasteiger partial charge in [-0.3, -0.25) is 14.5 Å². The van der Waals surface area contributed by atoms with E-state index in [0.29, 0.717) is 38.8 Å². The number of hydrogen-bond acceptors (Lipinski definition) is 7. The molecule has 2 aromatic carbocycles. The number of methoxy groups -OCH3 is 1. The zero-order valence-electron chi connectivity index (χ0n) is 17.0. The summed E-state index contributed by atoms with van der Waals surface area (Å²) in [5, 5.41) is 8.77. The molecule has 0 saturated carbocycles. The fourth-order valence-electron chi connectivity index (χ4n) is 2.82. The van der Waals surface area contributed by atoms with Crippen LogP contribution >= 0.6 is 24.0 Å². The van der Waals surface area contributed by atoms with Gasteiger partial charge < -0.3 is 19.3 Å². The van der Waals surface area contributed by atoms with Crippen LogP contribution < -0.4 is 19.1 Å². The molecule has 0 aliphatic carbocycles. The Hall–Kier alpha value is -3.04. The maximum Gasteiger partial charge on any atom is 0.306 e. The van der Waals surface area contributed by atoms with Gasteiger partial charge >= 0.3 is 5.97 Å². The molecule has 7 nitrogen and oxygen atoms in total. The van der Waals surface area contributed by atoms with E-state index in [1.807, 2.05) is 6.92 Å². The number of carbonyl (C=O) groups excluding carboxylic acids is 1. The third kappa shape index (κ3) is 5.56. The molecular weight excluding hydrogens is 438 g/mol. The summed E-state index contributed by atoms with van der Waals surface area (Å²) in [6.07, 6.45) is 1.63. The molecule has 3 rings (SSSR count). The molecule has 2 aromatic rings. The number of thioether (sulfide) groups is 1. The minimum Gasteiger partial charge on any atom is -0.497 e. The molecule has 1 heterocycles. The van der Waals surface area contributed by atoms with Gasteiger partial charge in [-0.05, 0) is 55.0 Å². The molecule has 0 atom stereocenters. The second kappa shape index (κ2) is 10.3. The molecule has 162 valence electrons. The van der Waals surface area contributed by atoms with Crippen LogP contribution in [0.1, 0.15) is 18.9 Å². The molecule has 31 heavy (non-hydrogen) atoms. The third-order valence-corrected chi connectivity index (χ3v) is 5.57. The summed E-state index contributed by atoms with van der Waals surface area (Å²) >= 11 is 6.64. The standard InChI is InChI=1S/C22H21NO6S2/c1-3-28-18-12-14(4-9-17(18)29-11-10-20(24)25)13-19-21(26)23(22(30)31-19)15-5-7-16(27-2)8-6-15/h4-9,12-13H,3,10-11H2,1-2H3,(H,24,25)/b19-13+. The van der Waals surface area contributed by atoms with Crippen molar-refractivity contribution >= 4 is 51.9 Å². The highest BCUT2D eigenvalue weighted by Gasteiger charge is 2.33. The van der Waals surface area contributed by atoms with Gasteiger partial charge in [0.2, 0.25) is 0 Å². The monoisotopic (exact) mass is 459 g/mol. The highest BCUT2D eigenvalue weighted by Crippen LogP contribution is 2.37. The summed E-state index contributed by atoms with van der Waals surface area (Å²) in [5.41, 5.74) is 1.41. The summed E-state index contributed by atoms with van der Waals surface area (Å²) in [4.78, 5) is 25.6. The number of carboxylic acid groups (broad SMARTS) is 1. The Morgan fingerprint density at radius 2 is 1.90 bits per heavy atom. The molecule has 9 heteroatoms. The van der Waals surface area contributed by atoms with Crippen molar-refractivity contribution in [2.24, 2.45) is 0 Å². The molecule has 1 fully saturated rings. The van der Waals surface area contributed by atoms with Crippen LogP contribution in [0, 0.1) is 0 Å². The molecule has 1 N–H and O–H groups in total. The lowest BCUT2D eigenvalue weighted by atomic mass is 10.1. The predicted octanol–water partition coefficient (Wildman–Crippen LogP) is 4.35. The Labute approximate surface area is 189 Å². The van der Waals surface area contributed by atoms with Crippen LogP contribution in [0.25, 0.3) is 6.08 Å². The number of carbonyl (C=O) groups is 2. The lowest BCUT2D eigenvalue weighted by Crippen LogP contribution is -2.27. The first-order chi connectivity index (χ1) is 14.9. The number of rotatable bonds is 9. The molecule has 0 aromatic heterocycles. The number of benzene rings is 2. The number of nitrogens with zero attached hydrogens (tertiary/aromatic N) is 1. The van der Waals surface area contributed by atoms with Crippen molar-refractivity contribution in [1.29, 1.82) is 0 Å². The highest BCUT2D eigenvalue weighted by atomic mass is 32.2. The van der Waals surface area contributed by atoms with E-state index in [1.165, 1.54) is 16.7 Å². The van der Waals surface area contributed by atoms with Crippen molar-refractivity contribution in [3.8, 4) is 17.2 Å². The van der Waals surface area contributed by atoms with E-state index in [4.69, 9.17) is 31.5 Å². The molecule has 1 aliphatic heterocycles. The normalized spacial score (nSPS) is 14.8. The Kier molecular flexibility index (Phi) is 7.54. The maximum absolute atomic E-state index is 13.0. The van der Waals surface area contributed by atoms with Gasteiger partial charge in [0.15, 0.2) is 15.8 Å². The van der Waals surface area contributed by atoms with Crippen molar-refractivity contribution in [3.05, 3.63) is 52.9 Å². The van der Waals surface area contributed by atoms with Gasteiger partial charge in [0.1, 0.15) is 5.75 Å². The topological polar surface area (TPSA) is 85.3 Å². The van der Waals surface area contributed by atoms with Crippen molar-refractivity contribution in [1.82, 2.24) is 0 Å². The fraction of sp³-hybridized carbons (Fsp3) is 0.227. The van der Waals surface area contributed by atoms with Crippen LogP contribution in [0.5, 0.6) is 17.2 Å². The van der Waals surface area contributed by atoms with E-state index in [9.17, 15) is 9.59 Å². The van der Waals surface area contributed by atoms with E-state index in [1.54, 1.807) is 55.7 Å². The lowest BCUT2D eigenvalue weighted by molar-refractivity contribution is -0.137. The number of anilines is 1. The first-order valence-corrected chi connectivity index (χ1v) is 10.7. The van der Waals surface area contributed by atoms with Crippen molar-refractivity contribution < 1.29 is 28.9 Å². The van der Waals surface area contributed by atoms with Gasteiger partial charge in [-0.25, -0.2) is 0 Å². The number of amides is 1. The largest absolute Gasteiger partial charge is 0.497 e. The smallest absolute Gasteiger partial charge is 0.306 e. The van der Waals surface area contributed by atoms with Crippen LogP contribution in [0.2, 0.25) is 0 Å². The number of carboxylic acids is 1. The fourth-order valence-corrected chi connectivity index (χ4v) is 4.12. The van der Waals surface area contributed by atoms with Crippen LogP contribution in [0.4, 0.5) is 5.69 Å². The zero-order chi connectivity index (χ0) is 22.4. The first kappa shape index (κ1) is 22.6. The Morgan fingerprint density at radius 1 is 1.16 bits per heavy atom. The first-order valence-electron chi connectivity index (χ1n) is 9.46. The van der Waals surface area contributed by atoms with Gasteiger partial charge in [-0.15, -0.1) is 0 Å². The van der Waals surface area contributed by atoms with Crippen LogP contribution in [0.3, 0.4) is 0 Å². The molecule has 1 saturated heterocycles. The van der Waals surface area contributed by atoms with Gasteiger partial charge in [-0.1, -0.05) is 30.0 Å². The zero-order valence-corrected chi connectivity index (χ0v) is 18.6. The van der Waals surface area contributed by atoms with E-state index < -0.39 is 5.97 Å². The molecule has 1 aliphatic rings. The quantitative estimate of drug-likeness (QED) is 0.438. The lowest BCUT2D eigenvalue weighted by Gasteiger charge is -2.14. The van der Waals surface area contributed by atoms with Gasteiger partial charge in [0, 0.05) is 0 Å². The van der Waals surface area contributed by atoms with E-state index in [0.717, 1.165) is 5.56 Å². The van der Waals surface area contributed by atoms with Gasteiger partial charge in [0.25, 0.3) is 5.91 Å². The molecule has 0 unspecified atom stereocenters. The molecule has 1 amide bonds. The highest BCUT2D eigenvalue weighted by molar-refractivity contribution is 8.27. The minimum absolute atomic E-state index is 0.0370. The number of hydrogen-bond donors (Lipinski definition) is 1. The molecule has 0 spiro atoms. The van der Waals surface area contributed by atoms with Gasteiger partial charge in [0.05, 0.1) is 37.3 Å². The SMILES string of the molecule is CCOc1cc(/C=C2/SC(=S)N(c3ccc(OC)cc3)C2=O)ccc1OCCC(=O)O. The minimum atomic E-state index is -0.937. The average Bonchev–Trinajstić information content (AvgIpc) is 3.02. The summed E-state index contributed by atoms with van der Waals surface area (Å²) in [6, 6.07) is 12.3. The molecule has 0 bridgehead atoms. The number of thiocarbonyl (C=S) groups is 1. The second-order valence-electron chi connectivity index (χ2n) is 6.35. The van der Waals surface area contributed by atoms with Crippen LogP contribution in [-0.2, 0) is 9.59 Å². The Balaban J connectivity index is 1.81. The van der Waals surface area contributed by atoms with Crippen molar-refractivity contribution in [2.45, 2.75) is 13.3 Å². The van der Waals surface area contributed by atoms with E-state index >= 15 is 0 Å². The van der Waals surface area contributed by atoms with Crippen molar-refractivity contribution in [3.63, 3.8) is 0 Å². The molecular formula is C22H21NO6S2. The second-order valence-corrected chi connectivity index (χ2v) is 8.02. The number of aliphatic carboxylic acids is 1. The van der Waals surface area contributed by atoms with E-state index in [-0.39, 0.29) is 18.9 Å². The van der Waals surface area contributed by atoms with Crippen molar-refractivity contribution in [2.75, 3.05) is 25.2 Å². The maximum atomic E-state index is 13.0. The summed E-state index contributed by atoms with van der Waals surface area (Å²) in [7, 11) is 1.58. The summed E-state index contributed by atoms with van der Waals surface area (Å²) < 4.78 is 16.7. The summed E-state index contributed by atoms with van der Waals surface area (Å²) in [6.45, 7) is 2.29. The Morgan fingerprint density at radius 3 is 2.55 bits per heavy atom. The molecule has 0 radical (unpaired) electrons. The average molecular weight is 460 g/mol. The Bertz CT molecular complexity index is 1020. The predicted molar refractivity (Wildman–Crippen MR) is 124 cm³/mol. The van der Waals surface area contributed by atoms with Gasteiger partial charge in [-0.2, -0.15) is 0 Å². The van der Waals surface area contributed by atoms with E-state index in [2.05, 4.69) is 0 Å². The third-order valence-electron chi connectivity index (χ3n) is 4.26. The summed E-state index contributed by atoms with van der Waals surface area (Å²) in [5.74, 6) is 0.477.